The number of aryl methyl sites for hydroxylation is 1. The summed E-state index contributed by atoms with van der Waals surface area (Å²) in [7, 11) is 1.66. The van der Waals surface area contributed by atoms with Crippen LogP contribution in [0.1, 0.15) is 35.2 Å². The molecule has 0 bridgehead atoms. The number of nitrogens with one attached hydrogen (secondary N) is 2. The number of hydrogen-bond donors (Lipinski definition) is 2. The van der Waals surface area contributed by atoms with E-state index in [0.717, 1.165) is 29.4 Å². The molecule has 4 heteroatoms. The van der Waals surface area contributed by atoms with Gasteiger partial charge in [-0.3, -0.25) is 9.69 Å². The SMILES string of the molecule is CNC(=O)c1ccc(NC2CCN(C3CC3)C2)c(C)c1. The van der Waals surface area contributed by atoms with Gasteiger partial charge in [-0.2, -0.15) is 0 Å². The van der Waals surface area contributed by atoms with E-state index in [-0.39, 0.29) is 5.91 Å². The number of likely N-dealkylation sites (tertiary alicyclic amines) is 1. The highest BCUT2D eigenvalue weighted by molar-refractivity contribution is 5.94. The molecule has 2 N–H and O–H groups in total. The standard InChI is InChI=1S/C16H23N3O/c1-11-9-12(16(20)17-2)3-6-15(11)18-13-7-8-19(10-13)14-4-5-14/h3,6,9,13-14,18H,4-5,7-8,10H2,1-2H3,(H,17,20). The van der Waals surface area contributed by atoms with Crippen molar-refractivity contribution < 1.29 is 4.79 Å². The molecule has 1 saturated carbocycles. The first-order valence-electron chi connectivity index (χ1n) is 7.50. The number of hydrogen-bond acceptors (Lipinski definition) is 3. The van der Waals surface area contributed by atoms with Crippen LogP contribution in [0.3, 0.4) is 0 Å². The molecule has 1 aromatic carbocycles. The molecule has 1 aromatic rings. The highest BCUT2D eigenvalue weighted by Gasteiger charge is 2.34. The van der Waals surface area contributed by atoms with E-state index in [1.807, 2.05) is 18.2 Å². The van der Waals surface area contributed by atoms with E-state index in [1.165, 1.54) is 25.8 Å². The van der Waals surface area contributed by atoms with Crippen molar-refractivity contribution in [1.29, 1.82) is 0 Å². The van der Waals surface area contributed by atoms with Gasteiger partial charge < -0.3 is 10.6 Å². The van der Waals surface area contributed by atoms with Gasteiger partial charge in [-0.15, -0.1) is 0 Å². The van der Waals surface area contributed by atoms with Gasteiger partial charge in [-0.05, 0) is 49.9 Å². The van der Waals surface area contributed by atoms with Crippen LogP contribution in [0.5, 0.6) is 0 Å². The maximum Gasteiger partial charge on any atom is 0.251 e. The first kappa shape index (κ1) is 13.4. The topological polar surface area (TPSA) is 44.4 Å². The summed E-state index contributed by atoms with van der Waals surface area (Å²) in [6.07, 6.45) is 3.98. The van der Waals surface area contributed by atoms with E-state index in [0.29, 0.717) is 6.04 Å². The fourth-order valence-electron chi connectivity index (χ4n) is 3.01. The van der Waals surface area contributed by atoms with Gasteiger partial charge in [0.25, 0.3) is 5.91 Å². The molecule has 1 aliphatic heterocycles. The van der Waals surface area contributed by atoms with E-state index < -0.39 is 0 Å². The van der Waals surface area contributed by atoms with Crippen LogP contribution in [-0.2, 0) is 0 Å². The minimum absolute atomic E-state index is 0.0274. The van der Waals surface area contributed by atoms with Crippen molar-refractivity contribution in [2.75, 3.05) is 25.5 Å². The summed E-state index contributed by atoms with van der Waals surface area (Å²) in [5.74, 6) is -0.0274. The number of nitrogens with zero attached hydrogens (tertiary/aromatic N) is 1. The van der Waals surface area contributed by atoms with Crippen molar-refractivity contribution >= 4 is 11.6 Å². The molecule has 20 heavy (non-hydrogen) atoms. The summed E-state index contributed by atoms with van der Waals surface area (Å²) in [6, 6.07) is 7.27. The molecule has 108 valence electrons. The van der Waals surface area contributed by atoms with Crippen LogP contribution in [0.4, 0.5) is 5.69 Å². The first-order valence-corrected chi connectivity index (χ1v) is 7.50. The van der Waals surface area contributed by atoms with Gasteiger partial charge in [0, 0.05) is 43.5 Å². The molecule has 1 unspecified atom stereocenters. The number of anilines is 1. The average molecular weight is 273 g/mol. The quantitative estimate of drug-likeness (QED) is 0.882. The third kappa shape index (κ3) is 2.80. The number of carbonyl (C=O) groups is 1. The minimum atomic E-state index is -0.0274. The molecule has 4 nitrogen and oxygen atoms in total. The molecule has 1 atom stereocenters. The smallest absolute Gasteiger partial charge is 0.251 e. The maximum atomic E-state index is 11.6. The molecular weight excluding hydrogens is 250 g/mol. The van der Waals surface area contributed by atoms with Crippen molar-refractivity contribution in [2.45, 2.75) is 38.3 Å². The molecule has 1 saturated heterocycles. The summed E-state index contributed by atoms with van der Waals surface area (Å²) >= 11 is 0. The van der Waals surface area contributed by atoms with Gasteiger partial charge in [-0.1, -0.05) is 0 Å². The molecule has 1 heterocycles. The van der Waals surface area contributed by atoms with Gasteiger partial charge in [-0.25, -0.2) is 0 Å². The van der Waals surface area contributed by atoms with Crippen LogP contribution in [-0.4, -0.2) is 43.0 Å². The van der Waals surface area contributed by atoms with Crippen LogP contribution in [0.25, 0.3) is 0 Å². The zero-order valence-electron chi connectivity index (χ0n) is 12.3. The third-order valence-electron chi connectivity index (χ3n) is 4.36. The van der Waals surface area contributed by atoms with E-state index in [2.05, 4.69) is 22.5 Å². The highest BCUT2D eigenvalue weighted by atomic mass is 16.1. The van der Waals surface area contributed by atoms with Crippen LogP contribution in [0.2, 0.25) is 0 Å². The predicted octanol–water partition coefficient (Wildman–Crippen LogP) is 2.00. The molecule has 3 rings (SSSR count). The molecule has 1 amide bonds. The minimum Gasteiger partial charge on any atom is -0.381 e. The fraction of sp³-hybridized carbons (Fsp3) is 0.562. The summed E-state index contributed by atoms with van der Waals surface area (Å²) < 4.78 is 0. The van der Waals surface area contributed by atoms with Gasteiger partial charge >= 0.3 is 0 Å². The van der Waals surface area contributed by atoms with E-state index >= 15 is 0 Å². The Labute approximate surface area is 120 Å². The van der Waals surface area contributed by atoms with Crippen molar-refractivity contribution in [3.8, 4) is 0 Å². The van der Waals surface area contributed by atoms with Crippen LogP contribution >= 0.6 is 0 Å². The number of rotatable bonds is 4. The monoisotopic (exact) mass is 273 g/mol. The van der Waals surface area contributed by atoms with Gasteiger partial charge in [0.05, 0.1) is 0 Å². The Kier molecular flexibility index (Phi) is 3.66. The van der Waals surface area contributed by atoms with Crippen LogP contribution < -0.4 is 10.6 Å². The zero-order valence-corrected chi connectivity index (χ0v) is 12.3. The second-order valence-electron chi connectivity index (χ2n) is 5.96. The normalized spacial score (nSPS) is 22.8. The van der Waals surface area contributed by atoms with Crippen LogP contribution in [0.15, 0.2) is 18.2 Å². The molecule has 0 aromatic heterocycles. The van der Waals surface area contributed by atoms with Crippen molar-refractivity contribution in [2.24, 2.45) is 0 Å². The molecule has 0 spiro atoms. The largest absolute Gasteiger partial charge is 0.381 e. The number of carbonyl (C=O) groups excluding carboxylic acids is 1. The van der Waals surface area contributed by atoms with Crippen molar-refractivity contribution in [1.82, 2.24) is 10.2 Å². The molecular formula is C16H23N3O. The molecule has 0 radical (unpaired) electrons. The Morgan fingerprint density at radius 2 is 2.10 bits per heavy atom. The first-order chi connectivity index (χ1) is 9.67. The Balaban J connectivity index is 1.64. The van der Waals surface area contributed by atoms with Crippen molar-refractivity contribution in [3.05, 3.63) is 29.3 Å². The van der Waals surface area contributed by atoms with Gasteiger partial charge in [0.15, 0.2) is 0 Å². The Morgan fingerprint density at radius 3 is 2.75 bits per heavy atom. The average Bonchev–Trinajstić information content (AvgIpc) is 3.20. The summed E-state index contributed by atoms with van der Waals surface area (Å²) in [5, 5.41) is 6.29. The number of benzene rings is 1. The summed E-state index contributed by atoms with van der Waals surface area (Å²) in [4.78, 5) is 14.2. The molecule has 1 aliphatic carbocycles. The lowest BCUT2D eigenvalue weighted by atomic mass is 10.1. The lowest BCUT2D eigenvalue weighted by Gasteiger charge is -2.18. The maximum absolute atomic E-state index is 11.6. The second-order valence-corrected chi connectivity index (χ2v) is 5.96. The van der Waals surface area contributed by atoms with Gasteiger partial charge in [0.2, 0.25) is 0 Å². The van der Waals surface area contributed by atoms with E-state index in [9.17, 15) is 4.79 Å². The molecule has 2 fully saturated rings. The van der Waals surface area contributed by atoms with Crippen LogP contribution in [0, 0.1) is 6.92 Å². The summed E-state index contributed by atoms with van der Waals surface area (Å²) in [5.41, 5.74) is 3.01. The highest BCUT2D eigenvalue weighted by Crippen LogP contribution is 2.31. The van der Waals surface area contributed by atoms with Crippen molar-refractivity contribution in [3.63, 3.8) is 0 Å². The Morgan fingerprint density at radius 1 is 1.30 bits per heavy atom. The van der Waals surface area contributed by atoms with E-state index in [1.54, 1.807) is 7.05 Å². The second kappa shape index (κ2) is 5.44. The number of amides is 1. The lowest BCUT2D eigenvalue weighted by Crippen LogP contribution is -2.28. The van der Waals surface area contributed by atoms with Gasteiger partial charge in [0.1, 0.15) is 0 Å². The zero-order chi connectivity index (χ0) is 14.1. The summed E-state index contributed by atoms with van der Waals surface area (Å²) in [6.45, 7) is 4.43. The third-order valence-corrected chi connectivity index (χ3v) is 4.36. The van der Waals surface area contributed by atoms with E-state index in [4.69, 9.17) is 0 Å². The Hall–Kier alpha value is -1.55. The fourth-order valence-corrected chi connectivity index (χ4v) is 3.01. The predicted molar refractivity (Wildman–Crippen MR) is 81.2 cm³/mol. The molecule has 2 aliphatic rings. The lowest BCUT2D eigenvalue weighted by molar-refractivity contribution is 0.0963. The Bertz CT molecular complexity index is 510.